The van der Waals surface area contributed by atoms with Gasteiger partial charge in [0.05, 0.1) is 11.6 Å². The third-order valence-corrected chi connectivity index (χ3v) is 5.97. The number of aromatic amines is 1. The SMILES string of the molecule is CCN(CC1CCCN(Cc2cccc(C#N)c2)C1)C(=O)c1cc2ccccc2[nH]1. The van der Waals surface area contributed by atoms with E-state index in [0.717, 1.165) is 49.9 Å². The first-order valence-corrected chi connectivity index (χ1v) is 10.7. The lowest BCUT2D eigenvalue weighted by Crippen LogP contribution is -2.42. The number of piperidine rings is 1. The Hall–Kier alpha value is -3.10. The van der Waals surface area contributed by atoms with Gasteiger partial charge in [-0.25, -0.2) is 0 Å². The lowest BCUT2D eigenvalue weighted by molar-refractivity contribution is 0.0680. The van der Waals surface area contributed by atoms with Gasteiger partial charge in [0.2, 0.25) is 0 Å². The summed E-state index contributed by atoms with van der Waals surface area (Å²) in [6.45, 7) is 6.43. The van der Waals surface area contributed by atoms with Gasteiger partial charge in [0.1, 0.15) is 5.69 Å². The van der Waals surface area contributed by atoms with Crippen molar-refractivity contribution in [2.24, 2.45) is 5.92 Å². The zero-order valence-electron chi connectivity index (χ0n) is 17.5. The summed E-state index contributed by atoms with van der Waals surface area (Å²) in [5.74, 6) is 0.540. The number of aromatic nitrogens is 1. The molecule has 1 fully saturated rings. The van der Waals surface area contributed by atoms with Crippen molar-refractivity contribution in [1.29, 1.82) is 5.26 Å². The summed E-state index contributed by atoms with van der Waals surface area (Å²) in [7, 11) is 0. The third kappa shape index (κ3) is 4.55. The monoisotopic (exact) mass is 400 g/mol. The van der Waals surface area contributed by atoms with E-state index >= 15 is 0 Å². The fraction of sp³-hybridized carbons (Fsp3) is 0.360. The maximum absolute atomic E-state index is 13.1. The minimum absolute atomic E-state index is 0.0764. The Morgan fingerprint density at radius 2 is 2.10 bits per heavy atom. The molecule has 1 unspecified atom stereocenters. The Balaban J connectivity index is 1.40. The number of nitriles is 1. The molecule has 1 aliphatic heterocycles. The smallest absolute Gasteiger partial charge is 0.270 e. The van der Waals surface area contributed by atoms with Crippen molar-refractivity contribution in [3.05, 3.63) is 71.4 Å². The summed E-state index contributed by atoms with van der Waals surface area (Å²) in [6, 6.07) is 20.0. The van der Waals surface area contributed by atoms with Gasteiger partial charge in [-0.1, -0.05) is 30.3 Å². The largest absolute Gasteiger partial charge is 0.351 e. The minimum Gasteiger partial charge on any atom is -0.351 e. The maximum atomic E-state index is 13.1. The number of benzene rings is 2. The Bertz CT molecular complexity index is 1030. The molecule has 0 bridgehead atoms. The lowest BCUT2D eigenvalue weighted by atomic mass is 9.96. The van der Waals surface area contributed by atoms with Gasteiger partial charge in [-0.2, -0.15) is 5.26 Å². The minimum atomic E-state index is 0.0764. The van der Waals surface area contributed by atoms with Gasteiger partial charge < -0.3 is 9.88 Å². The van der Waals surface area contributed by atoms with Gasteiger partial charge in [0.15, 0.2) is 0 Å². The van der Waals surface area contributed by atoms with Crippen LogP contribution in [0.25, 0.3) is 10.9 Å². The van der Waals surface area contributed by atoms with Crippen molar-refractivity contribution in [3.63, 3.8) is 0 Å². The summed E-state index contributed by atoms with van der Waals surface area (Å²) >= 11 is 0. The Kier molecular flexibility index (Phi) is 6.15. The van der Waals surface area contributed by atoms with Gasteiger partial charge in [0, 0.05) is 37.1 Å². The molecule has 5 nitrogen and oxygen atoms in total. The van der Waals surface area contributed by atoms with Crippen LogP contribution >= 0.6 is 0 Å². The first-order chi connectivity index (χ1) is 14.7. The highest BCUT2D eigenvalue weighted by Gasteiger charge is 2.25. The molecule has 1 atom stereocenters. The highest BCUT2D eigenvalue weighted by molar-refractivity contribution is 5.98. The number of carbonyl (C=O) groups excluding carboxylic acids is 1. The van der Waals surface area contributed by atoms with Gasteiger partial charge in [-0.05, 0) is 62.1 Å². The number of nitrogens with zero attached hydrogens (tertiary/aromatic N) is 3. The molecule has 30 heavy (non-hydrogen) atoms. The molecule has 2 heterocycles. The number of fused-ring (bicyclic) bond motifs is 1. The van der Waals surface area contributed by atoms with Crippen LogP contribution in [0.1, 0.15) is 41.4 Å². The molecule has 0 radical (unpaired) electrons. The molecule has 154 valence electrons. The molecule has 1 N–H and O–H groups in total. The molecule has 1 aromatic heterocycles. The Morgan fingerprint density at radius 1 is 1.23 bits per heavy atom. The third-order valence-electron chi connectivity index (χ3n) is 5.97. The van der Waals surface area contributed by atoms with Crippen molar-refractivity contribution in [1.82, 2.24) is 14.8 Å². The number of rotatable bonds is 6. The molecule has 4 rings (SSSR count). The van der Waals surface area contributed by atoms with Crippen LogP contribution in [0.15, 0.2) is 54.6 Å². The number of likely N-dealkylation sites (tertiary alicyclic amines) is 1. The van der Waals surface area contributed by atoms with E-state index in [1.54, 1.807) is 0 Å². The van der Waals surface area contributed by atoms with Crippen LogP contribution in [0.2, 0.25) is 0 Å². The fourth-order valence-corrected chi connectivity index (χ4v) is 4.47. The van der Waals surface area contributed by atoms with Crippen molar-refractivity contribution < 1.29 is 4.79 Å². The van der Waals surface area contributed by atoms with Gasteiger partial charge >= 0.3 is 0 Å². The van der Waals surface area contributed by atoms with E-state index in [1.165, 1.54) is 5.56 Å². The summed E-state index contributed by atoms with van der Waals surface area (Å²) < 4.78 is 0. The molecule has 5 heteroatoms. The second kappa shape index (κ2) is 9.15. The van der Waals surface area contributed by atoms with E-state index in [1.807, 2.05) is 53.4 Å². The highest BCUT2D eigenvalue weighted by Crippen LogP contribution is 2.22. The molecule has 1 saturated heterocycles. The first-order valence-electron chi connectivity index (χ1n) is 10.7. The molecule has 0 aliphatic carbocycles. The van der Waals surface area contributed by atoms with Crippen molar-refractivity contribution in [2.45, 2.75) is 26.3 Å². The summed E-state index contributed by atoms with van der Waals surface area (Å²) in [5, 5.41) is 10.2. The van der Waals surface area contributed by atoms with E-state index in [0.29, 0.717) is 23.7 Å². The number of para-hydroxylation sites is 1. The zero-order chi connectivity index (χ0) is 20.9. The second-order valence-electron chi connectivity index (χ2n) is 8.17. The van der Waals surface area contributed by atoms with Gasteiger partial charge in [-0.15, -0.1) is 0 Å². The number of hydrogen-bond acceptors (Lipinski definition) is 3. The molecular formula is C25H28N4O. The molecule has 0 saturated carbocycles. The average Bonchev–Trinajstić information content (AvgIpc) is 3.22. The molecule has 1 amide bonds. The molecule has 3 aromatic rings. The number of H-pyrrole nitrogens is 1. The van der Waals surface area contributed by atoms with Crippen LogP contribution in [0.5, 0.6) is 0 Å². The summed E-state index contributed by atoms with van der Waals surface area (Å²) in [5.41, 5.74) is 3.55. The topological polar surface area (TPSA) is 63.1 Å². The molecular weight excluding hydrogens is 372 g/mol. The van der Waals surface area contributed by atoms with Crippen LogP contribution in [0.4, 0.5) is 0 Å². The maximum Gasteiger partial charge on any atom is 0.270 e. The number of amides is 1. The van der Waals surface area contributed by atoms with Crippen LogP contribution in [-0.4, -0.2) is 46.9 Å². The van der Waals surface area contributed by atoms with Gasteiger partial charge in [-0.3, -0.25) is 9.69 Å². The number of hydrogen-bond donors (Lipinski definition) is 1. The predicted octanol–water partition coefficient (Wildman–Crippen LogP) is 4.41. The van der Waals surface area contributed by atoms with Crippen LogP contribution < -0.4 is 0 Å². The highest BCUT2D eigenvalue weighted by atomic mass is 16.2. The number of nitrogens with one attached hydrogen (secondary N) is 1. The Labute approximate surface area is 177 Å². The second-order valence-corrected chi connectivity index (χ2v) is 8.17. The van der Waals surface area contributed by atoms with E-state index in [-0.39, 0.29) is 5.91 Å². The normalized spacial score (nSPS) is 17.0. The summed E-state index contributed by atoms with van der Waals surface area (Å²) in [6.07, 6.45) is 2.28. The van der Waals surface area contributed by atoms with Crippen molar-refractivity contribution in [2.75, 3.05) is 26.2 Å². The summed E-state index contributed by atoms with van der Waals surface area (Å²) in [4.78, 5) is 20.8. The zero-order valence-corrected chi connectivity index (χ0v) is 17.5. The van der Waals surface area contributed by atoms with E-state index in [2.05, 4.69) is 28.9 Å². The van der Waals surface area contributed by atoms with Crippen LogP contribution in [0, 0.1) is 17.2 Å². The molecule has 1 aliphatic rings. The standard InChI is InChI=1S/C25H28N4O/c1-2-29(25(30)24-14-22-10-3-4-11-23(22)27-24)18-21-9-6-12-28(17-21)16-20-8-5-7-19(13-20)15-26/h3-5,7-8,10-11,13-14,21,27H,2,6,9,12,16-18H2,1H3. The first kappa shape index (κ1) is 20.2. The average molecular weight is 401 g/mol. The van der Waals surface area contributed by atoms with Crippen LogP contribution in [0.3, 0.4) is 0 Å². The van der Waals surface area contributed by atoms with E-state index < -0.39 is 0 Å². The lowest BCUT2D eigenvalue weighted by Gasteiger charge is -2.35. The van der Waals surface area contributed by atoms with E-state index in [9.17, 15) is 4.79 Å². The van der Waals surface area contributed by atoms with Crippen LogP contribution in [-0.2, 0) is 6.54 Å². The Morgan fingerprint density at radius 3 is 2.90 bits per heavy atom. The van der Waals surface area contributed by atoms with Crippen molar-refractivity contribution >= 4 is 16.8 Å². The number of carbonyl (C=O) groups is 1. The quantitative estimate of drug-likeness (QED) is 0.666. The molecule has 2 aromatic carbocycles. The van der Waals surface area contributed by atoms with Crippen molar-refractivity contribution in [3.8, 4) is 6.07 Å². The van der Waals surface area contributed by atoms with Gasteiger partial charge in [0.25, 0.3) is 5.91 Å². The van der Waals surface area contributed by atoms with E-state index in [4.69, 9.17) is 5.26 Å². The molecule has 0 spiro atoms. The fourth-order valence-electron chi connectivity index (χ4n) is 4.47. The predicted molar refractivity (Wildman–Crippen MR) is 119 cm³/mol.